The standard InChI is InChI=1S/C14H20O8/c1-22-11-3-2-7(4-8(11)16)5-9(17)12(19)14(21)13(20)10(18)6-15/h2-4,10,12-16,18-21H,5-6H2,1H3/t10-,12+,13-,14-/m1/s1. The van der Waals surface area contributed by atoms with Crippen molar-refractivity contribution in [2.45, 2.75) is 30.8 Å². The number of ether oxygens (including phenoxy) is 1. The number of hydrogen-bond acceptors (Lipinski definition) is 8. The van der Waals surface area contributed by atoms with E-state index in [2.05, 4.69) is 0 Å². The molecule has 0 heterocycles. The van der Waals surface area contributed by atoms with Crippen LogP contribution in [-0.2, 0) is 11.2 Å². The Morgan fingerprint density at radius 2 is 1.82 bits per heavy atom. The van der Waals surface area contributed by atoms with Gasteiger partial charge in [-0.25, -0.2) is 0 Å². The summed E-state index contributed by atoms with van der Waals surface area (Å²) in [6.45, 7) is -0.828. The van der Waals surface area contributed by atoms with E-state index in [-0.39, 0.29) is 17.9 Å². The average molecular weight is 316 g/mol. The third-order valence-electron chi connectivity index (χ3n) is 3.21. The smallest absolute Gasteiger partial charge is 0.168 e. The van der Waals surface area contributed by atoms with Gasteiger partial charge in [0, 0.05) is 6.42 Å². The largest absolute Gasteiger partial charge is 0.504 e. The first-order chi connectivity index (χ1) is 10.3. The van der Waals surface area contributed by atoms with Gasteiger partial charge in [0.15, 0.2) is 17.3 Å². The SMILES string of the molecule is COc1ccc(CC(=O)[C@H](O)[C@@H](O)[C@H](O)[C@H](O)CO)cc1O. The fourth-order valence-electron chi connectivity index (χ4n) is 1.86. The summed E-state index contributed by atoms with van der Waals surface area (Å²) in [5.41, 5.74) is 0.367. The first-order valence-electron chi connectivity index (χ1n) is 6.53. The van der Waals surface area contributed by atoms with Crippen molar-refractivity contribution in [2.75, 3.05) is 13.7 Å². The maximum Gasteiger partial charge on any atom is 0.168 e. The van der Waals surface area contributed by atoms with E-state index in [4.69, 9.17) is 9.84 Å². The number of rotatable bonds is 8. The van der Waals surface area contributed by atoms with Crippen LogP contribution in [0.15, 0.2) is 18.2 Å². The number of Topliss-reactive ketones (excluding diaryl/α,β-unsaturated/α-hetero) is 1. The van der Waals surface area contributed by atoms with Crippen molar-refractivity contribution in [1.29, 1.82) is 0 Å². The van der Waals surface area contributed by atoms with Gasteiger partial charge in [0.05, 0.1) is 13.7 Å². The van der Waals surface area contributed by atoms with E-state index < -0.39 is 36.8 Å². The van der Waals surface area contributed by atoms with Gasteiger partial charge in [-0.1, -0.05) is 6.07 Å². The van der Waals surface area contributed by atoms with E-state index in [0.29, 0.717) is 5.56 Å². The van der Waals surface area contributed by atoms with Crippen molar-refractivity contribution in [3.05, 3.63) is 23.8 Å². The lowest BCUT2D eigenvalue weighted by molar-refractivity contribution is -0.146. The molecule has 0 aromatic heterocycles. The number of carbonyl (C=O) groups is 1. The number of aliphatic hydroxyl groups is 5. The van der Waals surface area contributed by atoms with Crippen molar-refractivity contribution >= 4 is 5.78 Å². The number of aliphatic hydroxyl groups excluding tert-OH is 5. The quantitative estimate of drug-likeness (QED) is 0.321. The Kier molecular flexibility index (Phi) is 6.72. The summed E-state index contributed by atoms with van der Waals surface area (Å²) in [4.78, 5) is 11.9. The van der Waals surface area contributed by atoms with Crippen molar-refractivity contribution < 1.29 is 40.2 Å². The molecule has 0 fully saturated rings. The molecular weight excluding hydrogens is 296 g/mol. The molecule has 1 rings (SSSR count). The van der Waals surface area contributed by atoms with Crippen molar-refractivity contribution in [3.8, 4) is 11.5 Å². The van der Waals surface area contributed by atoms with Gasteiger partial charge < -0.3 is 35.4 Å². The molecule has 0 aliphatic rings. The van der Waals surface area contributed by atoms with Crippen molar-refractivity contribution in [3.63, 3.8) is 0 Å². The highest BCUT2D eigenvalue weighted by Gasteiger charge is 2.33. The van der Waals surface area contributed by atoms with Gasteiger partial charge in [-0.05, 0) is 17.7 Å². The molecular formula is C14H20O8. The van der Waals surface area contributed by atoms with Gasteiger partial charge in [0.2, 0.25) is 0 Å². The monoisotopic (exact) mass is 316 g/mol. The number of aromatic hydroxyl groups is 1. The molecule has 0 aliphatic heterocycles. The first-order valence-corrected chi connectivity index (χ1v) is 6.53. The highest BCUT2D eigenvalue weighted by atomic mass is 16.5. The molecule has 0 aliphatic carbocycles. The van der Waals surface area contributed by atoms with E-state index in [0.717, 1.165) is 0 Å². The summed E-state index contributed by atoms with van der Waals surface area (Å²) in [5, 5.41) is 56.2. The third kappa shape index (κ3) is 4.39. The highest BCUT2D eigenvalue weighted by molar-refractivity contribution is 5.85. The minimum Gasteiger partial charge on any atom is -0.504 e. The number of ketones is 1. The van der Waals surface area contributed by atoms with Crippen LogP contribution in [0.1, 0.15) is 5.56 Å². The molecule has 8 nitrogen and oxygen atoms in total. The molecule has 0 saturated carbocycles. The fourth-order valence-corrected chi connectivity index (χ4v) is 1.86. The Morgan fingerprint density at radius 3 is 2.32 bits per heavy atom. The van der Waals surface area contributed by atoms with Crippen LogP contribution in [0, 0.1) is 0 Å². The van der Waals surface area contributed by atoms with E-state index in [1.165, 1.54) is 25.3 Å². The number of phenols is 1. The van der Waals surface area contributed by atoms with Crippen molar-refractivity contribution in [2.24, 2.45) is 0 Å². The zero-order valence-corrected chi connectivity index (χ0v) is 12.0. The Balaban J connectivity index is 2.73. The number of hydrogen-bond donors (Lipinski definition) is 6. The predicted molar refractivity (Wildman–Crippen MR) is 74.5 cm³/mol. The summed E-state index contributed by atoms with van der Waals surface area (Å²) in [5.74, 6) is -0.780. The van der Waals surface area contributed by atoms with Crippen LogP contribution in [0.5, 0.6) is 11.5 Å². The predicted octanol–water partition coefficient (Wildman–Crippen LogP) is -2.05. The Labute approximate surface area is 126 Å². The normalized spacial score (nSPS) is 16.6. The molecule has 0 amide bonds. The van der Waals surface area contributed by atoms with Gasteiger partial charge in [0.1, 0.15) is 24.4 Å². The molecule has 0 spiro atoms. The molecule has 8 heteroatoms. The number of carbonyl (C=O) groups excluding carboxylic acids is 1. The molecule has 4 atom stereocenters. The van der Waals surface area contributed by atoms with Crippen LogP contribution in [0.4, 0.5) is 0 Å². The Hall–Kier alpha value is -1.71. The lowest BCUT2D eigenvalue weighted by Gasteiger charge is -2.24. The Morgan fingerprint density at radius 1 is 1.18 bits per heavy atom. The molecule has 0 radical (unpaired) electrons. The second kappa shape index (κ2) is 8.06. The third-order valence-corrected chi connectivity index (χ3v) is 3.21. The molecule has 1 aromatic rings. The topological polar surface area (TPSA) is 148 Å². The molecule has 6 N–H and O–H groups in total. The van der Waals surface area contributed by atoms with Crippen LogP contribution < -0.4 is 4.74 Å². The Bertz CT molecular complexity index is 504. The summed E-state index contributed by atoms with van der Waals surface area (Å²) in [6.07, 6.45) is -7.74. The summed E-state index contributed by atoms with van der Waals surface area (Å²) < 4.78 is 4.85. The zero-order valence-electron chi connectivity index (χ0n) is 12.0. The van der Waals surface area contributed by atoms with E-state index >= 15 is 0 Å². The van der Waals surface area contributed by atoms with Crippen molar-refractivity contribution in [1.82, 2.24) is 0 Å². The lowest BCUT2D eigenvalue weighted by atomic mass is 9.96. The molecule has 1 aromatic carbocycles. The fraction of sp³-hybridized carbons (Fsp3) is 0.500. The maximum absolute atomic E-state index is 11.9. The first kappa shape index (κ1) is 18.3. The van der Waals surface area contributed by atoms with Gasteiger partial charge in [-0.15, -0.1) is 0 Å². The van der Waals surface area contributed by atoms with Gasteiger partial charge >= 0.3 is 0 Å². The van der Waals surface area contributed by atoms with Crippen LogP contribution in [0.25, 0.3) is 0 Å². The second-order valence-corrected chi connectivity index (χ2v) is 4.83. The molecule has 124 valence electrons. The van der Waals surface area contributed by atoms with Gasteiger partial charge in [-0.3, -0.25) is 4.79 Å². The number of methoxy groups -OCH3 is 1. The summed E-state index contributed by atoms with van der Waals surface area (Å²) >= 11 is 0. The molecule has 0 saturated heterocycles. The minimum atomic E-state index is -1.94. The van der Waals surface area contributed by atoms with Gasteiger partial charge in [-0.2, -0.15) is 0 Å². The van der Waals surface area contributed by atoms with Crippen LogP contribution in [0.3, 0.4) is 0 Å². The van der Waals surface area contributed by atoms with Crippen LogP contribution >= 0.6 is 0 Å². The summed E-state index contributed by atoms with van der Waals surface area (Å²) in [7, 11) is 1.37. The van der Waals surface area contributed by atoms with E-state index in [1.807, 2.05) is 0 Å². The lowest BCUT2D eigenvalue weighted by Crippen LogP contribution is -2.49. The molecule has 0 bridgehead atoms. The number of phenolic OH excluding ortho intramolecular Hbond substituents is 1. The van der Waals surface area contributed by atoms with E-state index in [1.54, 1.807) is 0 Å². The zero-order chi connectivity index (χ0) is 16.9. The highest BCUT2D eigenvalue weighted by Crippen LogP contribution is 2.26. The average Bonchev–Trinajstić information content (AvgIpc) is 2.51. The number of benzene rings is 1. The molecule has 0 unspecified atom stereocenters. The van der Waals surface area contributed by atoms with Crippen LogP contribution in [0.2, 0.25) is 0 Å². The van der Waals surface area contributed by atoms with E-state index in [9.17, 15) is 30.3 Å². The van der Waals surface area contributed by atoms with Crippen LogP contribution in [-0.4, -0.2) is 74.6 Å². The van der Waals surface area contributed by atoms with Gasteiger partial charge in [0.25, 0.3) is 0 Å². The molecule has 22 heavy (non-hydrogen) atoms. The second-order valence-electron chi connectivity index (χ2n) is 4.83. The maximum atomic E-state index is 11.9. The summed E-state index contributed by atoms with van der Waals surface area (Å²) in [6, 6.07) is 4.20. The minimum absolute atomic E-state index is 0.182.